The van der Waals surface area contributed by atoms with Gasteiger partial charge in [-0.05, 0) is 48.2 Å². The first-order chi connectivity index (χ1) is 13.7. The number of phenols is 1. The fourth-order valence-corrected chi connectivity index (χ4v) is 3.26. The van der Waals surface area contributed by atoms with Gasteiger partial charge in [-0.2, -0.15) is 0 Å². The first-order valence-corrected chi connectivity index (χ1v) is 10.1. The average molecular weight is 380 g/mol. The van der Waals surface area contributed by atoms with Crippen molar-refractivity contribution >= 4 is 0 Å². The topological polar surface area (TPSA) is 43.6 Å². The minimum atomic E-state index is 0.216. The molecule has 0 saturated carbocycles. The number of hydrogen-bond acceptors (Lipinski definition) is 3. The van der Waals surface area contributed by atoms with E-state index in [1.807, 2.05) is 47.3 Å². The summed E-state index contributed by atoms with van der Waals surface area (Å²) < 4.78 is 13.8. The van der Waals surface area contributed by atoms with Gasteiger partial charge in [0, 0.05) is 24.9 Å². The van der Waals surface area contributed by atoms with Crippen LogP contribution in [-0.2, 0) is 12.8 Å². The van der Waals surface area contributed by atoms with Gasteiger partial charge in [0.15, 0.2) is 0 Å². The van der Waals surface area contributed by atoms with Gasteiger partial charge in [0.2, 0.25) is 0 Å². The van der Waals surface area contributed by atoms with Crippen LogP contribution in [0.25, 0.3) is 5.69 Å². The van der Waals surface area contributed by atoms with E-state index >= 15 is 0 Å². The van der Waals surface area contributed by atoms with E-state index in [-0.39, 0.29) is 5.75 Å². The number of ether oxygens (including phenoxy) is 2. The van der Waals surface area contributed by atoms with Crippen LogP contribution in [0, 0.1) is 0 Å². The normalized spacial score (nSPS) is 10.8. The molecule has 1 heterocycles. The van der Waals surface area contributed by atoms with E-state index in [2.05, 4.69) is 26.0 Å². The maximum atomic E-state index is 10.4. The Morgan fingerprint density at radius 3 is 2.29 bits per heavy atom. The molecule has 148 valence electrons. The number of rotatable bonds is 10. The maximum Gasteiger partial charge on any atom is 0.143 e. The number of aromatic hydroxyl groups is 1. The molecular formula is C24H29NO3. The number of hydrogen-bond donors (Lipinski definition) is 1. The highest BCUT2D eigenvalue weighted by Gasteiger charge is 2.11. The van der Waals surface area contributed by atoms with Crippen LogP contribution in [0.3, 0.4) is 0 Å². The zero-order valence-electron chi connectivity index (χ0n) is 16.7. The van der Waals surface area contributed by atoms with Crippen LogP contribution in [0.4, 0.5) is 0 Å². The molecule has 0 aliphatic rings. The molecule has 0 aliphatic carbocycles. The molecule has 3 rings (SSSR count). The molecule has 0 saturated heterocycles. The van der Waals surface area contributed by atoms with Gasteiger partial charge in [-0.15, -0.1) is 0 Å². The van der Waals surface area contributed by atoms with Crippen molar-refractivity contribution in [3.05, 3.63) is 72.1 Å². The second-order valence-electron chi connectivity index (χ2n) is 6.80. The number of aryl methyl sites for hydroxylation is 2. The highest BCUT2D eigenvalue weighted by Crippen LogP contribution is 2.31. The lowest BCUT2D eigenvalue weighted by Crippen LogP contribution is -2.07. The third-order valence-corrected chi connectivity index (χ3v) is 4.72. The highest BCUT2D eigenvalue weighted by atomic mass is 16.5. The summed E-state index contributed by atoms with van der Waals surface area (Å²) in [7, 11) is 0. The molecule has 3 aromatic rings. The average Bonchev–Trinajstić information content (AvgIpc) is 3.24. The molecular weight excluding hydrogens is 350 g/mol. The Hall–Kier alpha value is -2.88. The zero-order chi connectivity index (χ0) is 19.8. The summed E-state index contributed by atoms with van der Waals surface area (Å²) in [5, 5.41) is 10.4. The Labute approximate surface area is 167 Å². The van der Waals surface area contributed by atoms with Crippen molar-refractivity contribution in [3.63, 3.8) is 0 Å². The minimum absolute atomic E-state index is 0.216. The van der Waals surface area contributed by atoms with E-state index < -0.39 is 0 Å². The first-order valence-electron chi connectivity index (χ1n) is 10.1. The molecule has 0 aliphatic heterocycles. The number of benzene rings is 2. The smallest absolute Gasteiger partial charge is 0.143 e. The van der Waals surface area contributed by atoms with Gasteiger partial charge in [0.1, 0.15) is 17.2 Å². The predicted octanol–water partition coefficient (Wildman–Crippen LogP) is 5.55. The van der Waals surface area contributed by atoms with Crippen LogP contribution >= 0.6 is 0 Å². The predicted molar refractivity (Wildman–Crippen MR) is 113 cm³/mol. The molecule has 28 heavy (non-hydrogen) atoms. The maximum absolute atomic E-state index is 10.4. The zero-order valence-corrected chi connectivity index (χ0v) is 16.7. The van der Waals surface area contributed by atoms with Gasteiger partial charge in [-0.3, -0.25) is 0 Å². The number of para-hydroxylation sites is 1. The fraction of sp³-hybridized carbons (Fsp3) is 0.333. The molecule has 0 bridgehead atoms. The van der Waals surface area contributed by atoms with Crippen molar-refractivity contribution in [1.82, 2.24) is 4.57 Å². The SMILES string of the molecule is CCCc1ccccc1OCCCOc1cc(O)c(-n2cccc2)cc1CC. The Kier molecular flexibility index (Phi) is 7.01. The molecule has 4 nitrogen and oxygen atoms in total. The molecule has 0 atom stereocenters. The van der Waals surface area contributed by atoms with E-state index in [1.54, 1.807) is 6.07 Å². The van der Waals surface area contributed by atoms with Crippen molar-refractivity contribution in [1.29, 1.82) is 0 Å². The van der Waals surface area contributed by atoms with Gasteiger partial charge in [0.25, 0.3) is 0 Å². The molecule has 2 aromatic carbocycles. The van der Waals surface area contributed by atoms with Gasteiger partial charge in [-0.25, -0.2) is 0 Å². The highest BCUT2D eigenvalue weighted by molar-refractivity contribution is 5.54. The molecule has 4 heteroatoms. The largest absolute Gasteiger partial charge is 0.506 e. The van der Waals surface area contributed by atoms with Crippen LogP contribution in [-0.4, -0.2) is 22.9 Å². The third-order valence-electron chi connectivity index (χ3n) is 4.72. The van der Waals surface area contributed by atoms with E-state index in [1.165, 1.54) is 5.56 Å². The Bertz CT molecular complexity index is 872. The van der Waals surface area contributed by atoms with Crippen molar-refractivity contribution in [3.8, 4) is 22.9 Å². The lowest BCUT2D eigenvalue weighted by molar-refractivity contribution is 0.244. The van der Waals surface area contributed by atoms with Crippen LogP contribution in [0.1, 0.15) is 37.8 Å². The van der Waals surface area contributed by atoms with E-state index in [0.717, 1.165) is 48.4 Å². The third kappa shape index (κ3) is 4.89. The number of phenolic OH excluding ortho intramolecular Hbond substituents is 1. The molecule has 1 aromatic heterocycles. The van der Waals surface area contributed by atoms with Crippen LogP contribution in [0.5, 0.6) is 17.2 Å². The second-order valence-corrected chi connectivity index (χ2v) is 6.80. The lowest BCUT2D eigenvalue weighted by Gasteiger charge is -2.15. The van der Waals surface area contributed by atoms with Gasteiger partial charge >= 0.3 is 0 Å². The Morgan fingerprint density at radius 2 is 1.57 bits per heavy atom. The molecule has 0 amide bonds. The van der Waals surface area contributed by atoms with Gasteiger partial charge < -0.3 is 19.1 Å². The number of nitrogens with zero attached hydrogens (tertiary/aromatic N) is 1. The van der Waals surface area contributed by atoms with Crippen LogP contribution in [0.15, 0.2) is 60.9 Å². The summed E-state index contributed by atoms with van der Waals surface area (Å²) in [4.78, 5) is 0. The standard InChI is InChI=1S/C24H29NO3/c1-3-10-20-11-5-6-12-23(20)27-15-9-16-28-24-18-22(26)21(17-19(24)4-2)25-13-7-8-14-25/h5-8,11-14,17-18,26H,3-4,9-10,15-16H2,1-2H3. The van der Waals surface area contributed by atoms with Crippen LogP contribution in [0.2, 0.25) is 0 Å². The monoisotopic (exact) mass is 379 g/mol. The Balaban J connectivity index is 1.56. The van der Waals surface area contributed by atoms with E-state index in [0.29, 0.717) is 13.2 Å². The molecule has 0 unspecified atom stereocenters. The van der Waals surface area contributed by atoms with Crippen LogP contribution < -0.4 is 9.47 Å². The quantitative estimate of drug-likeness (QED) is 0.470. The summed E-state index contributed by atoms with van der Waals surface area (Å²) >= 11 is 0. The minimum Gasteiger partial charge on any atom is -0.506 e. The summed E-state index contributed by atoms with van der Waals surface area (Å²) in [6, 6.07) is 15.8. The van der Waals surface area contributed by atoms with E-state index in [4.69, 9.17) is 9.47 Å². The van der Waals surface area contributed by atoms with Gasteiger partial charge in [-0.1, -0.05) is 38.5 Å². The lowest BCUT2D eigenvalue weighted by atomic mass is 10.1. The van der Waals surface area contributed by atoms with Crippen molar-refractivity contribution < 1.29 is 14.6 Å². The fourth-order valence-electron chi connectivity index (χ4n) is 3.26. The Morgan fingerprint density at radius 1 is 0.857 bits per heavy atom. The van der Waals surface area contributed by atoms with Gasteiger partial charge in [0.05, 0.1) is 18.9 Å². The van der Waals surface area contributed by atoms with Crippen molar-refractivity contribution in [2.45, 2.75) is 39.5 Å². The summed E-state index contributed by atoms with van der Waals surface area (Å²) in [5.74, 6) is 1.92. The summed E-state index contributed by atoms with van der Waals surface area (Å²) in [6.45, 7) is 5.42. The van der Waals surface area contributed by atoms with Crippen molar-refractivity contribution in [2.24, 2.45) is 0 Å². The van der Waals surface area contributed by atoms with E-state index in [9.17, 15) is 5.11 Å². The molecule has 1 N–H and O–H groups in total. The molecule has 0 fully saturated rings. The summed E-state index contributed by atoms with van der Waals surface area (Å²) in [5.41, 5.74) is 3.10. The first kappa shape index (κ1) is 19.9. The number of aromatic nitrogens is 1. The molecule has 0 spiro atoms. The molecule has 0 radical (unpaired) electrons. The summed E-state index contributed by atoms with van der Waals surface area (Å²) in [6.07, 6.45) is 7.59. The van der Waals surface area contributed by atoms with Crippen molar-refractivity contribution in [2.75, 3.05) is 13.2 Å². The second kappa shape index (κ2) is 9.88.